The summed E-state index contributed by atoms with van der Waals surface area (Å²) < 4.78 is 1.17. The Hall–Kier alpha value is -3.48. The molecule has 0 saturated heterocycles. The summed E-state index contributed by atoms with van der Waals surface area (Å²) in [6, 6.07) is 14.1. The van der Waals surface area contributed by atoms with E-state index in [2.05, 4.69) is 10.4 Å². The summed E-state index contributed by atoms with van der Waals surface area (Å²) in [5.41, 5.74) is 1.97. The molecule has 1 atom stereocenters. The molecule has 0 fully saturated rings. The number of carbonyl (C=O) groups excluding carboxylic acids is 2. The van der Waals surface area contributed by atoms with Crippen LogP contribution < -0.4 is 10.9 Å². The van der Waals surface area contributed by atoms with Crippen molar-refractivity contribution >= 4 is 22.6 Å². The van der Waals surface area contributed by atoms with Crippen molar-refractivity contribution in [2.75, 3.05) is 7.05 Å². The maximum atomic E-state index is 13.5. The highest BCUT2D eigenvalue weighted by Gasteiger charge is 2.36. The van der Waals surface area contributed by atoms with Crippen LogP contribution in [-0.2, 0) is 24.8 Å². The number of hydrogen-bond donors (Lipinski definition) is 1. The van der Waals surface area contributed by atoms with Gasteiger partial charge >= 0.3 is 0 Å². The first-order chi connectivity index (χ1) is 13.5. The number of nitrogens with one attached hydrogen (secondary N) is 1. The summed E-state index contributed by atoms with van der Waals surface area (Å²) >= 11 is 0. The second kappa shape index (κ2) is 6.92. The summed E-state index contributed by atoms with van der Waals surface area (Å²) in [5.74, 6) is -0.591. The van der Waals surface area contributed by atoms with Crippen LogP contribution in [0.2, 0.25) is 0 Å². The number of hydrogen-bond acceptors (Lipinski definition) is 4. The van der Waals surface area contributed by atoms with Gasteiger partial charge in [0.15, 0.2) is 5.69 Å². The van der Waals surface area contributed by atoms with Crippen LogP contribution in [0.15, 0.2) is 53.3 Å². The first-order valence-corrected chi connectivity index (χ1v) is 9.06. The lowest BCUT2D eigenvalue weighted by Gasteiger charge is -2.35. The topological polar surface area (TPSA) is 84.3 Å². The fourth-order valence-electron chi connectivity index (χ4n) is 3.73. The van der Waals surface area contributed by atoms with E-state index in [0.717, 1.165) is 11.1 Å². The van der Waals surface area contributed by atoms with Crippen molar-refractivity contribution in [1.82, 2.24) is 20.0 Å². The normalized spacial score (nSPS) is 15.9. The fourth-order valence-corrected chi connectivity index (χ4v) is 3.73. The highest BCUT2D eigenvalue weighted by molar-refractivity contribution is 6.06. The minimum atomic E-state index is -0.634. The number of aryl methyl sites for hydroxylation is 1. The molecule has 4 rings (SSSR count). The highest BCUT2D eigenvalue weighted by atomic mass is 16.2. The number of fused-ring (bicyclic) bond motifs is 2. The summed E-state index contributed by atoms with van der Waals surface area (Å²) in [6.45, 7) is 0.311. The Labute approximate surface area is 161 Å². The van der Waals surface area contributed by atoms with Gasteiger partial charge in [0.1, 0.15) is 6.04 Å². The molecule has 1 aliphatic heterocycles. The van der Waals surface area contributed by atoms with Crippen LogP contribution in [0.5, 0.6) is 0 Å². The molecule has 0 aliphatic carbocycles. The molecule has 0 radical (unpaired) electrons. The summed E-state index contributed by atoms with van der Waals surface area (Å²) in [4.78, 5) is 39.9. The summed E-state index contributed by atoms with van der Waals surface area (Å²) in [5, 5.41) is 7.80. The van der Waals surface area contributed by atoms with Crippen molar-refractivity contribution in [1.29, 1.82) is 0 Å². The molecule has 2 amide bonds. The van der Waals surface area contributed by atoms with Gasteiger partial charge in [-0.25, -0.2) is 4.68 Å². The van der Waals surface area contributed by atoms with E-state index in [9.17, 15) is 14.4 Å². The molecule has 1 N–H and O–H groups in total. The zero-order chi connectivity index (χ0) is 19.8. The Morgan fingerprint density at radius 3 is 2.39 bits per heavy atom. The third-order valence-corrected chi connectivity index (χ3v) is 5.22. The van der Waals surface area contributed by atoms with E-state index in [0.29, 0.717) is 23.7 Å². The lowest BCUT2D eigenvalue weighted by molar-refractivity contribution is -0.125. The molecular weight excluding hydrogens is 356 g/mol. The smallest absolute Gasteiger partial charge is 0.275 e. The molecule has 7 heteroatoms. The zero-order valence-electron chi connectivity index (χ0n) is 15.7. The molecule has 0 spiro atoms. The first kappa shape index (κ1) is 17.9. The third kappa shape index (κ3) is 2.85. The predicted octanol–water partition coefficient (Wildman–Crippen LogP) is 1.25. The van der Waals surface area contributed by atoms with E-state index in [1.165, 1.54) is 11.7 Å². The van der Waals surface area contributed by atoms with Crippen LogP contribution in [0.1, 0.15) is 21.6 Å². The zero-order valence-corrected chi connectivity index (χ0v) is 15.7. The number of nitrogens with zero attached hydrogens (tertiary/aromatic N) is 3. The van der Waals surface area contributed by atoms with Crippen LogP contribution in [0.3, 0.4) is 0 Å². The van der Waals surface area contributed by atoms with Crippen LogP contribution >= 0.6 is 0 Å². The van der Waals surface area contributed by atoms with Gasteiger partial charge in [0.2, 0.25) is 5.91 Å². The maximum absolute atomic E-state index is 13.5. The molecule has 0 saturated carbocycles. The SMILES string of the molecule is CNC(=O)[C@H]1Cc2ccccc2CN1C(=O)c1nn(C)c(=O)c2ccccc12. The number of aromatic nitrogens is 2. The number of benzene rings is 2. The standard InChI is InChI=1S/C21H20N4O3/c1-22-19(26)17-11-13-7-3-4-8-14(13)12-25(17)21(28)18-15-9-5-6-10-16(15)20(27)24(2)23-18/h3-10,17H,11-12H2,1-2H3,(H,22,26)/t17-/m1/s1. The Morgan fingerprint density at radius 1 is 1.04 bits per heavy atom. The first-order valence-electron chi connectivity index (χ1n) is 9.06. The molecule has 142 valence electrons. The van der Waals surface area contributed by atoms with Gasteiger partial charge in [0, 0.05) is 32.4 Å². The molecule has 2 aromatic carbocycles. The van der Waals surface area contributed by atoms with E-state index in [1.54, 1.807) is 36.2 Å². The summed E-state index contributed by atoms with van der Waals surface area (Å²) in [6.07, 6.45) is 0.436. The van der Waals surface area contributed by atoms with Crippen LogP contribution in [0, 0.1) is 0 Å². The molecule has 1 aliphatic rings. The number of amides is 2. The van der Waals surface area contributed by atoms with E-state index < -0.39 is 6.04 Å². The van der Waals surface area contributed by atoms with Crippen molar-refractivity contribution in [2.45, 2.75) is 19.0 Å². The van der Waals surface area contributed by atoms with Gasteiger partial charge in [0.25, 0.3) is 11.5 Å². The number of rotatable bonds is 2. The molecule has 2 heterocycles. The van der Waals surface area contributed by atoms with Gasteiger partial charge in [0.05, 0.1) is 5.39 Å². The molecular formula is C21H20N4O3. The molecule has 0 bridgehead atoms. The van der Waals surface area contributed by atoms with E-state index in [4.69, 9.17) is 0 Å². The van der Waals surface area contributed by atoms with Crippen molar-refractivity contribution in [2.24, 2.45) is 7.05 Å². The minimum Gasteiger partial charge on any atom is -0.357 e. The maximum Gasteiger partial charge on any atom is 0.275 e. The Morgan fingerprint density at radius 2 is 1.68 bits per heavy atom. The lowest BCUT2D eigenvalue weighted by Crippen LogP contribution is -2.52. The molecule has 7 nitrogen and oxygen atoms in total. The predicted molar refractivity (Wildman–Crippen MR) is 105 cm³/mol. The van der Waals surface area contributed by atoms with E-state index in [-0.39, 0.29) is 23.1 Å². The molecule has 0 unspecified atom stereocenters. The fraction of sp³-hybridized carbons (Fsp3) is 0.238. The van der Waals surface area contributed by atoms with E-state index in [1.807, 2.05) is 24.3 Å². The lowest BCUT2D eigenvalue weighted by atomic mass is 9.93. The molecule has 3 aromatic rings. The quantitative estimate of drug-likeness (QED) is 0.730. The van der Waals surface area contributed by atoms with Gasteiger partial charge in [-0.2, -0.15) is 5.10 Å². The average Bonchev–Trinajstić information content (AvgIpc) is 2.74. The Bertz CT molecular complexity index is 1150. The second-order valence-electron chi connectivity index (χ2n) is 6.86. The third-order valence-electron chi connectivity index (χ3n) is 5.22. The number of likely N-dealkylation sites (N-methyl/N-ethyl adjacent to an activating group) is 1. The van der Waals surface area contributed by atoms with Crippen LogP contribution in [-0.4, -0.2) is 39.6 Å². The highest BCUT2D eigenvalue weighted by Crippen LogP contribution is 2.26. The van der Waals surface area contributed by atoms with Gasteiger partial charge in [-0.3, -0.25) is 14.4 Å². The van der Waals surface area contributed by atoms with Crippen LogP contribution in [0.4, 0.5) is 0 Å². The van der Waals surface area contributed by atoms with Crippen molar-refractivity contribution in [3.8, 4) is 0 Å². The molecule has 1 aromatic heterocycles. The van der Waals surface area contributed by atoms with Crippen molar-refractivity contribution in [3.63, 3.8) is 0 Å². The largest absolute Gasteiger partial charge is 0.357 e. The van der Waals surface area contributed by atoms with Gasteiger partial charge in [-0.05, 0) is 17.2 Å². The minimum absolute atomic E-state index is 0.172. The molecule has 28 heavy (non-hydrogen) atoms. The van der Waals surface area contributed by atoms with Crippen molar-refractivity contribution in [3.05, 3.63) is 75.7 Å². The monoisotopic (exact) mass is 376 g/mol. The Balaban J connectivity index is 1.84. The van der Waals surface area contributed by atoms with Crippen molar-refractivity contribution < 1.29 is 9.59 Å². The average molecular weight is 376 g/mol. The van der Waals surface area contributed by atoms with Gasteiger partial charge in [-0.15, -0.1) is 0 Å². The van der Waals surface area contributed by atoms with Gasteiger partial charge < -0.3 is 10.2 Å². The summed E-state index contributed by atoms with van der Waals surface area (Å²) in [7, 11) is 3.08. The second-order valence-corrected chi connectivity index (χ2v) is 6.86. The van der Waals surface area contributed by atoms with Gasteiger partial charge in [-0.1, -0.05) is 42.5 Å². The van der Waals surface area contributed by atoms with Crippen LogP contribution in [0.25, 0.3) is 10.8 Å². The van der Waals surface area contributed by atoms with E-state index >= 15 is 0 Å². The number of carbonyl (C=O) groups is 2. The Kier molecular flexibility index (Phi) is 4.43.